The molecule has 0 saturated heterocycles. The van der Waals surface area contributed by atoms with Crippen molar-refractivity contribution in [1.29, 1.82) is 0 Å². The second kappa shape index (κ2) is 7.04. The van der Waals surface area contributed by atoms with Gasteiger partial charge in [-0.25, -0.2) is 0 Å². The van der Waals surface area contributed by atoms with E-state index in [2.05, 4.69) is 23.0 Å². The van der Waals surface area contributed by atoms with Gasteiger partial charge >= 0.3 is 0 Å². The molecule has 2 aromatic rings. The van der Waals surface area contributed by atoms with Crippen LogP contribution in [0, 0.1) is 13.8 Å². The second-order valence-corrected chi connectivity index (χ2v) is 2.81. The SMILES string of the molecule is CC.CC.Cc1cc2ccnc(C)c2[nH]1. The van der Waals surface area contributed by atoms with Crippen LogP contribution < -0.4 is 0 Å². The summed E-state index contributed by atoms with van der Waals surface area (Å²) in [5.41, 5.74) is 3.41. The van der Waals surface area contributed by atoms with E-state index in [0.717, 1.165) is 11.2 Å². The Bertz CT molecular complexity index is 388. The van der Waals surface area contributed by atoms with E-state index in [1.54, 1.807) is 0 Å². The Labute approximate surface area is 92.7 Å². The zero-order chi connectivity index (χ0) is 11.8. The average Bonchev–Trinajstić information content (AvgIpc) is 2.66. The summed E-state index contributed by atoms with van der Waals surface area (Å²) in [6.45, 7) is 12.1. The van der Waals surface area contributed by atoms with Gasteiger partial charge in [-0.15, -0.1) is 0 Å². The zero-order valence-electron chi connectivity index (χ0n) is 10.7. The van der Waals surface area contributed by atoms with Gasteiger partial charge in [0.2, 0.25) is 0 Å². The molecule has 2 heterocycles. The molecule has 0 aliphatic carbocycles. The number of aryl methyl sites for hydroxylation is 2. The van der Waals surface area contributed by atoms with Crippen molar-refractivity contribution in [3.63, 3.8) is 0 Å². The van der Waals surface area contributed by atoms with E-state index in [-0.39, 0.29) is 0 Å². The number of pyridine rings is 1. The lowest BCUT2D eigenvalue weighted by atomic mass is 10.2. The summed E-state index contributed by atoms with van der Waals surface area (Å²) in [6, 6.07) is 4.15. The Morgan fingerprint density at radius 3 is 2.20 bits per heavy atom. The number of fused-ring (bicyclic) bond motifs is 1. The molecule has 0 aliphatic rings. The van der Waals surface area contributed by atoms with E-state index in [9.17, 15) is 0 Å². The molecule has 0 unspecified atom stereocenters. The van der Waals surface area contributed by atoms with Gasteiger partial charge in [0.05, 0.1) is 11.2 Å². The molecule has 0 aliphatic heterocycles. The Balaban J connectivity index is 0.000000442. The van der Waals surface area contributed by atoms with Crippen molar-refractivity contribution in [3.05, 3.63) is 29.7 Å². The smallest absolute Gasteiger partial charge is 0.0672 e. The number of hydrogen-bond acceptors (Lipinski definition) is 1. The largest absolute Gasteiger partial charge is 0.357 e. The topological polar surface area (TPSA) is 28.7 Å². The number of hydrogen-bond donors (Lipinski definition) is 1. The first-order valence-electron chi connectivity index (χ1n) is 5.68. The Morgan fingerprint density at radius 2 is 1.67 bits per heavy atom. The minimum atomic E-state index is 1.07. The Morgan fingerprint density at radius 1 is 1.07 bits per heavy atom. The maximum absolute atomic E-state index is 4.19. The third-order valence-electron chi connectivity index (χ3n) is 1.87. The maximum atomic E-state index is 4.19. The first-order valence-corrected chi connectivity index (χ1v) is 5.68. The first kappa shape index (κ1) is 13.7. The lowest BCUT2D eigenvalue weighted by Crippen LogP contribution is -1.80. The highest BCUT2D eigenvalue weighted by molar-refractivity contribution is 5.81. The summed E-state index contributed by atoms with van der Waals surface area (Å²) in [4.78, 5) is 7.45. The molecule has 0 bridgehead atoms. The van der Waals surface area contributed by atoms with E-state index in [0.29, 0.717) is 0 Å². The highest BCUT2D eigenvalue weighted by Gasteiger charge is 1.98. The summed E-state index contributed by atoms with van der Waals surface area (Å²) in [7, 11) is 0. The van der Waals surface area contributed by atoms with Crippen LogP contribution in [0.5, 0.6) is 0 Å². The molecular formula is C13H22N2. The highest BCUT2D eigenvalue weighted by atomic mass is 14.8. The van der Waals surface area contributed by atoms with Gasteiger partial charge in [0.15, 0.2) is 0 Å². The quantitative estimate of drug-likeness (QED) is 0.686. The molecule has 0 radical (unpaired) electrons. The standard InChI is InChI=1S/C9H10N2.2C2H6/c1-6-5-8-3-4-10-7(2)9(8)11-6;2*1-2/h3-5,11H,1-2H3;2*1-2H3. The molecule has 0 saturated carbocycles. The summed E-state index contributed by atoms with van der Waals surface area (Å²) in [5, 5.41) is 1.25. The molecule has 0 atom stereocenters. The molecule has 0 spiro atoms. The molecule has 0 aromatic carbocycles. The fourth-order valence-corrected chi connectivity index (χ4v) is 1.34. The van der Waals surface area contributed by atoms with Crippen LogP contribution in [0.25, 0.3) is 10.9 Å². The predicted molar refractivity (Wildman–Crippen MR) is 68.3 cm³/mol. The number of nitrogens with zero attached hydrogens (tertiary/aromatic N) is 1. The Hall–Kier alpha value is -1.31. The summed E-state index contributed by atoms with van der Waals surface area (Å²) in [5.74, 6) is 0. The van der Waals surface area contributed by atoms with Crippen molar-refractivity contribution < 1.29 is 0 Å². The lowest BCUT2D eigenvalue weighted by Gasteiger charge is -1.91. The van der Waals surface area contributed by atoms with E-state index in [4.69, 9.17) is 0 Å². The van der Waals surface area contributed by atoms with Gasteiger partial charge in [-0.05, 0) is 26.0 Å². The molecule has 2 heteroatoms. The first-order chi connectivity index (χ1) is 7.27. The van der Waals surface area contributed by atoms with E-state index in [1.165, 1.54) is 11.1 Å². The lowest BCUT2D eigenvalue weighted by molar-refractivity contribution is 1.20. The average molecular weight is 206 g/mol. The number of aromatic nitrogens is 2. The van der Waals surface area contributed by atoms with Crippen LogP contribution in [0.2, 0.25) is 0 Å². The maximum Gasteiger partial charge on any atom is 0.0672 e. The van der Waals surface area contributed by atoms with Crippen LogP contribution in [-0.4, -0.2) is 9.97 Å². The van der Waals surface area contributed by atoms with Crippen molar-refractivity contribution in [2.45, 2.75) is 41.5 Å². The number of nitrogens with one attached hydrogen (secondary N) is 1. The van der Waals surface area contributed by atoms with Gasteiger partial charge in [-0.3, -0.25) is 4.98 Å². The normalized spacial score (nSPS) is 8.67. The van der Waals surface area contributed by atoms with Gasteiger partial charge in [0.1, 0.15) is 0 Å². The molecule has 0 fully saturated rings. The summed E-state index contributed by atoms with van der Waals surface area (Å²) >= 11 is 0. The minimum absolute atomic E-state index is 1.07. The molecule has 0 amide bonds. The summed E-state index contributed by atoms with van der Waals surface area (Å²) < 4.78 is 0. The van der Waals surface area contributed by atoms with Gasteiger partial charge in [0, 0.05) is 17.3 Å². The third kappa shape index (κ3) is 3.39. The molecule has 2 nitrogen and oxygen atoms in total. The van der Waals surface area contributed by atoms with Gasteiger partial charge in [0.25, 0.3) is 0 Å². The molecule has 2 rings (SSSR count). The molecule has 15 heavy (non-hydrogen) atoms. The van der Waals surface area contributed by atoms with E-state index < -0.39 is 0 Å². The zero-order valence-corrected chi connectivity index (χ0v) is 10.7. The molecule has 1 N–H and O–H groups in total. The van der Waals surface area contributed by atoms with Crippen LogP contribution >= 0.6 is 0 Å². The fourth-order valence-electron chi connectivity index (χ4n) is 1.34. The van der Waals surface area contributed by atoms with Crippen molar-refractivity contribution >= 4 is 10.9 Å². The van der Waals surface area contributed by atoms with E-state index in [1.807, 2.05) is 46.9 Å². The van der Waals surface area contributed by atoms with Crippen molar-refractivity contribution in [2.75, 3.05) is 0 Å². The second-order valence-electron chi connectivity index (χ2n) is 2.81. The summed E-state index contributed by atoms with van der Waals surface area (Å²) in [6.07, 6.45) is 1.84. The number of H-pyrrole nitrogens is 1. The molecular weight excluding hydrogens is 184 g/mol. The van der Waals surface area contributed by atoms with Crippen LogP contribution in [0.15, 0.2) is 18.3 Å². The molecule has 84 valence electrons. The van der Waals surface area contributed by atoms with Gasteiger partial charge < -0.3 is 4.98 Å². The van der Waals surface area contributed by atoms with Gasteiger partial charge in [-0.1, -0.05) is 27.7 Å². The Kier molecular flexibility index (Phi) is 6.43. The van der Waals surface area contributed by atoms with Crippen LogP contribution in [0.4, 0.5) is 0 Å². The third-order valence-corrected chi connectivity index (χ3v) is 1.87. The van der Waals surface area contributed by atoms with Crippen molar-refractivity contribution in [2.24, 2.45) is 0 Å². The molecule has 2 aromatic heterocycles. The highest BCUT2D eigenvalue weighted by Crippen LogP contribution is 2.15. The van der Waals surface area contributed by atoms with Crippen LogP contribution in [0.1, 0.15) is 39.1 Å². The van der Waals surface area contributed by atoms with E-state index >= 15 is 0 Å². The predicted octanol–water partition coefficient (Wildman–Crippen LogP) is 4.23. The fraction of sp³-hybridized carbons (Fsp3) is 0.462. The number of rotatable bonds is 0. The minimum Gasteiger partial charge on any atom is -0.357 e. The van der Waals surface area contributed by atoms with Crippen molar-refractivity contribution in [1.82, 2.24) is 9.97 Å². The monoisotopic (exact) mass is 206 g/mol. The van der Waals surface area contributed by atoms with Gasteiger partial charge in [-0.2, -0.15) is 0 Å². The van der Waals surface area contributed by atoms with Crippen molar-refractivity contribution in [3.8, 4) is 0 Å². The van der Waals surface area contributed by atoms with Crippen LogP contribution in [-0.2, 0) is 0 Å². The van der Waals surface area contributed by atoms with Crippen LogP contribution in [0.3, 0.4) is 0 Å². The number of aromatic amines is 1.